The first-order valence-electron chi connectivity index (χ1n) is 7.55. The zero-order chi connectivity index (χ0) is 16.9. The van der Waals surface area contributed by atoms with E-state index in [1.165, 1.54) is 0 Å². The number of rotatable bonds is 5. The van der Waals surface area contributed by atoms with Gasteiger partial charge in [0.05, 0.1) is 20.2 Å². The van der Waals surface area contributed by atoms with E-state index in [2.05, 4.69) is 20.9 Å². The summed E-state index contributed by atoms with van der Waals surface area (Å²) in [7, 11) is 1.64. The van der Waals surface area contributed by atoms with Crippen molar-refractivity contribution in [3.8, 4) is 5.75 Å². The molecule has 0 saturated heterocycles. The van der Waals surface area contributed by atoms with Crippen molar-refractivity contribution in [2.75, 3.05) is 30.9 Å². The molecular formula is C18H17BrN2O2S. The number of hydrogen-bond acceptors (Lipinski definition) is 5. The lowest BCUT2D eigenvalue weighted by Gasteiger charge is -2.23. The number of carbonyl (C=O) groups is 1. The first kappa shape index (κ1) is 17.0. The average molecular weight is 405 g/mol. The van der Waals surface area contributed by atoms with E-state index in [-0.39, 0.29) is 12.3 Å². The number of halogens is 1. The maximum Gasteiger partial charge on any atom is 0.182 e. The van der Waals surface area contributed by atoms with Crippen LogP contribution >= 0.6 is 27.7 Å². The highest BCUT2D eigenvalue weighted by atomic mass is 79.9. The summed E-state index contributed by atoms with van der Waals surface area (Å²) in [5.41, 5.74) is 1.63. The summed E-state index contributed by atoms with van der Waals surface area (Å²) in [6, 6.07) is 15.1. The predicted molar refractivity (Wildman–Crippen MR) is 104 cm³/mol. The molecule has 0 amide bonds. The van der Waals surface area contributed by atoms with Crippen LogP contribution in [-0.2, 0) is 0 Å². The molecule has 124 valence electrons. The van der Waals surface area contributed by atoms with E-state index in [4.69, 9.17) is 4.74 Å². The van der Waals surface area contributed by atoms with Gasteiger partial charge in [0.1, 0.15) is 5.75 Å². The molecule has 1 heterocycles. The minimum atomic E-state index is 0.0634. The number of ether oxygens (including phenoxy) is 1. The third-order valence-electron chi connectivity index (χ3n) is 3.65. The second-order valence-corrected chi connectivity index (χ2v) is 7.20. The molecule has 0 N–H and O–H groups in total. The van der Waals surface area contributed by atoms with E-state index in [9.17, 15) is 4.79 Å². The van der Waals surface area contributed by atoms with Crippen LogP contribution < -0.4 is 9.64 Å². The molecule has 0 bridgehead atoms. The van der Waals surface area contributed by atoms with E-state index >= 15 is 0 Å². The molecule has 6 heteroatoms. The van der Waals surface area contributed by atoms with Gasteiger partial charge in [0.15, 0.2) is 11.0 Å². The summed E-state index contributed by atoms with van der Waals surface area (Å²) in [6.07, 6.45) is 0. The van der Waals surface area contributed by atoms with Crippen LogP contribution in [0.4, 0.5) is 5.69 Å². The standard InChI is InChI=1S/C18H17BrN2O2S/c1-23-16-8-6-15(7-9-16)21(18-20-10-11-24-18)12-17(22)13-2-4-14(19)5-3-13/h2-9H,10-12H2,1H3. The number of methoxy groups -OCH3 is 1. The van der Waals surface area contributed by atoms with Gasteiger partial charge in [-0.05, 0) is 36.4 Å². The van der Waals surface area contributed by atoms with Gasteiger partial charge in [0, 0.05) is 21.5 Å². The quantitative estimate of drug-likeness (QED) is 0.698. The van der Waals surface area contributed by atoms with Crippen LogP contribution in [0.2, 0.25) is 0 Å². The molecule has 0 unspecified atom stereocenters. The first-order chi connectivity index (χ1) is 11.7. The maximum atomic E-state index is 12.7. The van der Waals surface area contributed by atoms with Crippen LogP contribution in [0.1, 0.15) is 10.4 Å². The minimum Gasteiger partial charge on any atom is -0.497 e. The summed E-state index contributed by atoms with van der Waals surface area (Å²) in [4.78, 5) is 19.2. The molecule has 0 saturated carbocycles. The van der Waals surface area contributed by atoms with Crippen molar-refractivity contribution in [2.45, 2.75) is 0 Å². The molecule has 0 radical (unpaired) electrons. The van der Waals surface area contributed by atoms with Crippen molar-refractivity contribution in [3.63, 3.8) is 0 Å². The van der Waals surface area contributed by atoms with E-state index in [0.717, 1.165) is 33.4 Å². The lowest BCUT2D eigenvalue weighted by atomic mass is 10.1. The fourth-order valence-electron chi connectivity index (χ4n) is 2.39. The second-order valence-electron chi connectivity index (χ2n) is 5.23. The van der Waals surface area contributed by atoms with Crippen molar-refractivity contribution >= 4 is 44.3 Å². The van der Waals surface area contributed by atoms with E-state index in [1.807, 2.05) is 53.4 Å². The molecule has 0 atom stereocenters. The van der Waals surface area contributed by atoms with Gasteiger partial charge in [-0.25, -0.2) is 0 Å². The summed E-state index contributed by atoms with van der Waals surface area (Å²) in [6.45, 7) is 1.05. The van der Waals surface area contributed by atoms with Crippen LogP contribution in [0.3, 0.4) is 0 Å². The van der Waals surface area contributed by atoms with Crippen molar-refractivity contribution in [3.05, 3.63) is 58.6 Å². The molecule has 0 spiro atoms. The molecule has 0 fully saturated rings. The highest BCUT2D eigenvalue weighted by molar-refractivity contribution is 9.10. The number of Topliss-reactive ketones (excluding diaryl/α,β-unsaturated/α-hetero) is 1. The lowest BCUT2D eigenvalue weighted by Crippen LogP contribution is -2.33. The smallest absolute Gasteiger partial charge is 0.182 e. The molecule has 3 rings (SSSR count). The Kier molecular flexibility index (Phi) is 5.58. The third-order valence-corrected chi connectivity index (χ3v) is 5.18. The van der Waals surface area contributed by atoms with E-state index in [1.54, 1.807) is 18.9 Å². The molecular weight excluding hydrogens is 388 g/mol. The Morgan fingerprint density at radius 1 is 1.21 bits per heavy atom. The minimum absolute atomic E-state index is 0.0634. The molecule has 1 aliphatic heterocycles. The fraction of sp³-hybridized carbons (Fsp3) is 0.222. The van der Waals surface area contributed by atoms with Gasteiger partial charge in [0.2, 0.25) is 0 Å². The molecule has 1 aliphatic rings. The zero-order valence-electron chi connectivity index (χ0n) is 13.2. The first-order valence-corrected chi connectivity index (χ1v) is 9.33. The van der Waals surface area contributed by atoms with Crippen LogP contribution in [0.5, 0.6) is 5.75 Å². The van der Waals surface area contributed by atoms with Crippen molar-refractivity contribution in [1.82, 2.24) is 0 Å². The van der Waals surface area contributed by atoms with Crippen molar-refractivity contribution in [1.29, 1.82) is 0 Å². The van der Waals surface area contributed by atoms with Gasteiger partial charge in [-0.2, -0.15) is 0 Å². The average Bonchev–Trinajstić information content (AvgIpc) is 3.14. The predicted octanol–water partition coefficient (Wildman–Crippen LogP) is 4.25. The summed E-state index contributed by atoms with van der Waals surface area (Å²) < 4.78 is 6.17. The van der Waals surface area contributed by atoms with Gasteiger partial charge in [0.25, 0.3) is 0 Å². The number of benzene rings is 2. The number of hydrogen-bond donors (Lipinski definition) is 0. The Bertz CT molecular complexity index is 745. The highest BCUT2D eigenvalue weighted by Crippen LogP contribution is 2.25. The molecule has 2 aromatic carbocycles. The Morgan fingerprint density at radius 3 is 2.50 bits per heavy atom. The van der Waals surface area contributed by atoms with Crippen LogP contribution in [-0.4, -0.2) is 36.9 Å². The van der Waals surface area contributed by atoms with Gasteiger partial charge >= 0.3 is 0 Å². The number of nitrogens with zero attached hydrogens (tertiary/aromatic N) is 2. The third kappa shape index (κ3) is 3.99. The lowest BCUT2D eigenvalue weighted by molar-refractivity contribution is 0.100. The molecule has 4 nitrogen and oxygen atoms in total. The normalized spacial score (nSPS) is 13.5. The van der Waals surface area contributed by atoms with Crippen molar-refractivity contribution < 1.29 is 9.53 Å². The van der Waals surface area contributed by atoms with Crippen molar-refractivity contribution in [2.24, 2.45) is 4.99 Å². The number of thioether (sulfide) groups is 1. The summed E-state index contributed by atoms with van der Waals surface area (Å²) >= 11 is 5.07. The van der Waals surface area contributed by atoms with Gasteiger partial charge in [-0.15, -0.1) is 0 Å². The summed E-state index contributed by atoms with van der Waals surface area (Å²) in [5, 5.41) is 0.894. The molecule has 0 aliphatic carbocycles. The van der Waals surface area contributed by atoms with Crippen LogP contribution in [0.25, 0.3) is 0 Å². The number of anilines is 1. The van der Waals surface area contributed by atoms with E-state index < -0.39 is 0 Å². The van der Waals surface area contributed by atoms with Gasteiger partial charge in [-0.1, -0.05) is 39.8 Å². The Morgan fingerprint density at radius 2 is 1.92 bits per heavy atom. The summed E-state index contributed by atoms with van der Waals surface area (Å²) in [5.74, 6) is 1.81. The fourth-order valence-corrected chi connectivity index (χ4v) is 3.53. The molecule has 24 heavy (non-hydrogen) atoms. The topological polar surface area (TPSA) is 41.9 Å². The molecule has 0 aromatic heterocycles. The number of amidine groups is 1. The number of aliphatic imine (C=N–C) groups is 1. The van der Waals surface area contributed by atoms with Gasteiger partial charge < -0.3 is 9.64 Å². The Hall–Kier alpha value is -1.79. The van der Waals surface area contributed by atoms with Gasteiger partial charge in [-0.3, -0.25) is 9.79 Å². The zero-order valence-corrected chi connectivity index (χ0v) is 15.6. The van der Waals surface area contributed by atoms with Crippen LogP contribution in [0.15, 0.2) is 58.0 Å². The van der Waals surface area contributed by atoms with Crippen LogP contribution in [0, 0.1) is 0 Å². The van der Waals surface area contributed by atoms with E-state index in [0.29, 0.717) is 5.56 Å². The Balaban J connectivity index is 1.84. The maximum absolute atomic E-state index is 12.7. The monoisotopic (exact) mass is 404 g/mol. The largest absolute Gasteiger partial charge is 0.497 e. The second kappa shape index (κ2) is 7.85. The number of ketones is 1. The SMILES string of the molecule is COc1ccc(N(CC(=O)c2ccc(Br)cc2)C2=NCCS2)cc1. The number of carbonyl (C=O) groups excluding carboxylic acids is 1. The highest BCUT2D eigenvalue weighted by Gasteiger charge is 2.21. The Labute approximate surface area is 154 Å². The molecule has 2 aromatic rings.